The molecule has 2 amide bonds. The van der Waals surface area contributed by atoms with Crippen LogP contribution < -0.4 is 0 Å². The summed E-state index contributed by atoms with van der Waals surface area (Å²) in [6, 6.07) is 17.7. The molecule has 2 aromatic rings. The van der Waals surface area contributed by atoms with Gasteiger partial charge in [0, 0.05) is 11.5 Å². The van der Waals surface area contributed by atoms with Gasteiger partial charge in [-0.25, -0.2) is 9.69 Å². The van der Waals surface area contributed by atoms with Gasteiger partial charge < -0.3 is 9.47 Å². The van der Waals surface area contributed by atoms with E-state index >= 15 is 0 Å². The molecular weight excluding hydrogens is 372 g/mol. The molecule has 29 heavy (non-hydrogen) atoms. The van der Waals surface area contributed by atoms with E-state index in [9.17, 15) is 9.59 Å². The molecule has 1 fully saturated rings. The highest BCUT2D eigenvalue weighted by Crippen LogP contribution is 2.20. The topological polar surface area (TPSA) is 105 Å². The molecule has 1 aliphatic rings. The van der Waals surface area contributed by atoms with Crippen LogP contribution in [-0.4, -0.2) is 42.2 Å². The van der Waals surface area contributed by atoms with E-state index in [1.165, 1.54) is 0 Å². The minimum absolute atomic E-state index is 0.118. The molecule has 0 bridgehead atoms. The summed E-state index contributed by atoms with van der Waals surface area (Å²) in [4.78, 5) is 28.9. The molecule has 0 saturated carbocycles. The van der Waals surface area contributed by atoms with Crippen molar-refractivity contribution in [3.8, 4) is 0 Å². The van der Waals surface area contributed by atoms with Crippen molar-refractivity contribution in [2.45, 2.75) is 31.5 Å². The zero-order valence-electron chi connectivity index (χ0n) is 15.9. The van der Waals surface area contributed by atoms with Crippen LogP contribution in [0.15, 0.2) is 65.8 Å². The molecule has 1 heterocycles. The van der Waals surface area contributed by atoms with E-state index in [-0.39, 0.29) is 19.6 Å². The Morgan fingerprint density at radius 1 is 1.17 bits per heavy atom. The minimum Gasteiger partial charge on any atom is -0.447 e. The van der Waals surface area contributed by atoms with Crippen LogP contribution in [-0.2, 0) is 27.3 Å². The number of hydrogen-bond acceptors (Lipinski definition) is 5. The van der Waals surface area contributed by atoms with Crippen LogP contribution in [0.25, 0.3) is 10.4 Å². The number of carbonyl (C=O) groups excluding carboxylic acids is 2. The van der Waals surface area contributed by atoms with Gasteiger partial charge in [0.15, 0.2) is 0 Å². The van der Waals surface area contributed by atoms with Crippen LogP contribution in [0.1, 0.15) is 17.5 Å². The Morgan fingerprint density at radius 3 is 2.48 bits per heavy atom. The first-order chi connectivity index (χ1) is 14.2. The molecule has 0 radical (unpaired) electrons. The first-order valence-corrected chi connectivity index (χ1v) is 9.38. The van der Waals surface area contributed by atoms with Crippen LogP contribution in [0.2, 0.25) is 0 Å². The summed E-state index contributed by atoms with van der Waals surface area (Å²) in [5.41, 5.74) is 10.9. The monoisotopic (exact) mass is 394 g/mol. The number of benzene rings is 2. The lowest BCUT2D eigenvalue weighted by Crippen LogP contribution is -2.45. The van der Waals surface area contributed by atoms with Gasteiger partial charge in [-0.15, -0.1) is 0 Å². The highest BCUT2D eigenvalue weighted by atomic mass is 16.6. The SMILES string of the molecule is [N-]=[N+]=N[C@@H](CCOCc1ccccc1)C(=O)N1C(=O)OC[C@@H]1Cc1ccccc1. The van der Waals surface area contributed by atoms with Crippen molar-refractivity contribution in [1.29, 1.82) is 0 Å². The second-order valence-corrected chi connectivity index (χ2v) is 6.68. The van der Waals surface area contributed by atoms with Crippen molar-refractivity contribution in [3.63, 3.8) is 0 Å². The number of cyclic esters (lactones) is 1. The first-order valence-electron chi connectivity index (χ1n) is 9.38. The van der Waals surface area contributed by atoms with Gasteiger partial charge in [-0.2, -0.15) is 0 Å². The number of azide groups is 1. The highest BCUT2D eigenvalue weighted by molar-refractivity contribution is 5.96. The van der Waals surface area contributed by atoms with Gasteiger partial charge in [-0.05, 0) is 29.5 Å². The van der Waals surface area contributed by atoms with Gasteiger partial charge in [0.2, 0.25) is 5.91 Å². The van der Waals surface area contributed by atoms with Gasteiger partial charge in [0.25, 0.3) is 0 Å². The standard InChI is InChI=1S/C21H22N4O4/c22-24-23-19(11-12-28-14-17-9-5-2-6-10-17)20(26)25-18(15-29-21(25)27)13-16-7-3-1-4-8-16/h1-10,18-19H,11-15H2/t18-,19-/m0/s1. The van der Waals surface area contributed by atoms with Crippen molar-refractivity contribution >= 4 is 12.0 Å². The molecule has 1 saturated heterocycles. The van der Waals surface area contributed by atoms with Crippen molar-refractivity contribution in [2.75, 3.05) is 13.2 Å². The number of carbonyl (C=O) groups is 2. The van der Waals surface area contributed by atoms with E-state index in [0.717, 1.165) is 16.0 Å². The smallest absolute Gasteiger partial charge is 0.416 e. The average molecular weight is 394 g/mol. The Kier molecular flexibility index (Phi) is 7.22. The van der Waals surface area contributed by atoms with Crippen molar-refractivity contribution < 1.29 is 19.1 Å². The third-order valence-corrected chi connectivity index (χ3v) is 4.64. The molecule has 3 rings (SSSR count). The Balaban J connectivity index is 1.60. The fourth-order valence-corrected chi connectivity index (χ4v) is 3.18. The third kappa shape index (κ3) is 5.57. The summed E-state index contributed by atoms with van der Waals surface area (Å²) < 4.78 is 10.7. The van der Waals surface area contributed by atoms with E-state index in [1.54, 1.807) is 0 Å². The van der Waals surface area contributed by atoms with Crippen LogP contribution in [0.4, 0.5) is 4.79 Å². The van der Waals surface area contributed by atoms with E-state index in [1.807, 2.05) is 60.7 Å². The molecule has 0 unspecified atom stereocenters. The molecule has 150 valence electrons. The quantitative estimate of drug-likeness (QED) is 0.279. The normalized spacial score (nSPS) is 16.8. The predicted octanol–water partition coefficient (Wildman–Crippen LogP) is 3.86. The first kappa shape index (κ1) is 20.4. The molecule has 8 nitrogen and oxygen atoms in total. The van der Waals surface area contributed by atoms with Crippen molar-refractivity contribution in [3.05, 3.63) is 82.2 Å². The second kappa shape index (κ2) is 10.3. The molecule has 2 aromatic carbocycles. The number of ether oxygens (including phenoxy) is 2. The van der Waals surface area contributed by atoms with Crippen molar-refractivity contribution in [2.24, 2.45) is 5.11 Å². The number of imide groups is 1. The fraction of sp³-hybridized carbons (Fsp3) is 0.333. The molecule has 8 heteroatoms. The van der Waals surface area contributed by atoms with E-state index < -0.39 is 24.1 Å². The molecule has 0 aromatic heterocycles. The average Bonchev–Trinajstić information content (AvgIpc) is 3.11. The lowest BCUT2D eigenvalue weighted by atomic mass is 10.0. The molecule has 0 aliphatic carbocycles. The van der Waals surface area contributed by atoms with E-state index in [2.05, 4.69) is 10.0 Å². The Bertz CT molecular complexity index is 869. The maximum Gasteiger partial charge on any atom is 0.416 e. The Labute approximate surface area is 168 Å². The van der Waals surface area contributed by atoms with E-state index in [4.69, 9.17) is 15.0 Å². The Morgan fingerprint density at radius 2 is 1.83 bits per heavy atom. The minimum atomic E-state index is -1.03. The summed E-state index contributed by atoms with van der Waals surface area (Å²) in [5.74, 6) is -0.561. The van der Waals surface area contributed by atoms with Crippen LogP contribution in [0, 0.1) is 0 Å². The lowest BCUT2D eigenvalue weighted by molar-refractivity contribution is -0.131. The third-order valence-electron chi connectivity index (χ3n) is 4.64. The lowest BCUT2D eigenvalue weighted by Gasteiger charge is -2.22. The largest absolute Gasteiger partial charge is 0.447 e. The Hall–Kier alpha value is -3.35. The summed E-state index contributed by atoms with van der Waals surface area (Å²) in [7, 11) is 0. The second-order valence-electron chi connectivity index (χ2n) is 6.68. The van der Waals surface area contributed by atoms with Crippen LogP contribution in [0.5, 0.6) is 0 Å². The molecular formula is C21H22N4O4. The molecule has 1 aliphatic heterocycles. The van der Waals surface area contributed by atoms with Gasteiger partial charge in [-0.3, -0.25) is 4.79 Å². The number of nitrogens with zero attached hydrogens (tertiary/aromatic N) is 4. The molecule has 0 N–H and O–H groups in total. The zero-order chi connectivity index (χ0) is 20.5. The predicted molar refractivity (Wildman–Crippen MR) is 106 cm³/mol. The summed E-state index contributed by atoms with van der Waals surface area (Å²) in [6.45, 7) is 0.726. The van der Waals surface area contributed by atoms with Gasteiger partial charge in [-0.1, -0.05) is 65.8 Å². The maximum absolute atomic E-state index is 12.9. The van der Waals surface area contributed by atoms with Gasteiger partial charge in [0.1, 0.15) is 12.6 Å². The van der Waals surface area contributed by atoms with Gasteiger partial charge >= 0.3 is 6.09 Å². The van der Waals surface area contributed by atoms with Crippen LogP contribution in [0.3, 0.4) is 0 Å². The van der Waals surface area contributed by atoms with Crippen molar-refractivity contribution in [1.82, 2.24) is 4.90 Å². The van der Waals surface area contributed by atoms with Gasteiger partial charge in [0.05, 0.1) is 12.6 Å². The zero-order valence-corrected chi connectivity index (χ0v) is 15.9. The molecule has 0 spiro atoms. The maximum atomic E-state index is 12.9. The number of amides is 2. The number of rotatable bonds is 9. The van der Waals surface area contributed by atoms with Crippen LogP contribution >= 0.6 is 0 Å². The summed E-state index contributed by atoms with van der Waals surface area (Å²) in [6.07, 6.45) is -0.0529. The summed E-state index contributed by atoms with van der Waals surface area (Å²) in [5, 5.41) is 3.59. The molecule has 2 atom stereocenters. The summed E-state index contributed by atoms with van der Waals surface area (Å²) >= 11 is 0. The van der Waals surface area contributed by atoms with E-state index in [0.29, 0.717) is 13.0 Å². The number of hydrogen-bond donors (Lipinski definition) is 0. The fourth-order valence-electron chi connectivity index (χ4n) is 3.18. The highest BCUT2D eigenvalue weighted by Gasteiger charge is 2.40.